The van der Waals surface area contributed by atoms with Crippen LogP contribution in [0.25, 0.3) is 0 Å². The summed E-state index contributed by atoms with van der Waals surface area (Å²) in [5.41, 5.74) is -6.13. The Morgan fingerprint density at radius 3 is 2.27 bits per heavy atom. The van der Waals surface area contributed by atoms with E-state index in [1.807, 2.05) is 6.92 Å². The van der Waals surface area contributed by atoms with Crippen molar-refractivity contribution in [2.45, 2.75) is 29.3 Å². The molecular weight excluding hydrogens is 491 g/mol. The number of hydrogen-bond donors (Lipinski definition) is 0. The van der Waals surface area contributed by atoms with Crippen LogP contribution in [0.3, 0.4) is 0 Å². The maximum atomic E-state index is 13.2. The van der Waals surface area contributed by atoms with Crippen molar-refractivity contribution in [3.8, 4) is 0 Å². The fraction of sp³-hybridized carbons (Fsp3) is 0.278. The van der Waals surface area contributed by atoms with Gasteiger partial charge in [0.25, 0.3) is 15.7 Å². The van der Waals surface area contributed by atoms with Crippen molar-refractivity contribution in [3.05, 3.63) is 47.2 Å². The topological polar surface area (TPSA) is 87.7 Å². The lowest BCUT2D eigenvalue weighted by atomic mass is 10.1. The number of sulfone groups is 1. The summed E-state index contributed by atoms with van der Waals surface area (Å²) < 4.78 is 61.9. The third kappa shape index (κ3) is 2.77. The minimum Gasteiger partial charge on any atom is -0.277 e. The van der Waals surface area contributed by atoms with E-state index in [-0.39, 0.29) is 11.6 Å². The van der Waals surface area contributed by atoms with Crippen molar-refractivity contribution in [1.82, 2.24) is 4.98 Å². The monoisotopic (exact) mass is 503 g/mol. The highest BCUT2D eigenvalue weighted by atomic mass is 79.9. The molecule has 1 aliphatic heterocycles. The molecule has 1 aromatic heterocycles. The molecule has 1 saturated carbocycles. The molecule has 0 bridgehead atoms. The first-order chi connectivity index (χ1) is 13.9. The summed E-state index contributed by atoms with van der Waals surface area (Å²) in [6, 6.07) is 4.38. The number of benzene rings is 1. The first-order valence-corrected chi connectivity index (χ1v) is 10.9. The van der Waals surface area contributed by atoms with E-state index in [1.54, 1.807) is 6.07 Å². The van der Waals surface area contributed by atoms with Gasteiger partial charge in [0.2, 0.25) is 0 Å². The van der Waals surface area contributed by atoms with Crippen LogP contribution in [-0.4, -0.2) is 36.4 Å². The van der Waals surface area contributed by atoms with Crippen molar-refractivity contribution in [2.24, 2.45) is 5.92 Å². The standard InChI is InChI=1S/C18H13BrF3N3O4S/c1-10-8-17(10)15(26)24(16(27)25(17)14-6-7-23-9-13(14)19)11-2-4-12(5-3-11)30(28,29)18(20,21)22/h2-7,9-10H,8H2,1H3. The minimum absolute atomic E-state index is 0.0164. The fourth-order valence-electron chi connectivity index (χ4n) is 3.67. The van der Waals surface area contributed by atoms with E-state index in [0.29, 0.717) is 16.6 Å². The number of amides is 3. The van der Waals surface area contributed by atoms with Gasteiger partial charge in [0, 0.05) is 12.4 Å². The maximum Gasteiger partial charge on any atom is 0.501 e. The summed E-state index contributed by atoms with van der Waals surface area (Å²) in [6.45, 7) is 1.82. The molecule has 0 N–H and O–H groups in total. The number of carbonyl (C=O) groups excluding carboxylic acids is 2. The highest BCUT2D eigenvalue weighted by Crippen LogP contribution is 2.56. The summed E-state index contributed by atoms with van der Waals surface area (Å²) >= 11 is 3.32. The van der Waals surface area contributed by atoms with Gasteiger partial charge in [-0.2, -0.15) is 13.2 Å². The van der Waals surface area contributed by atoms with E-state index < -0.39 is 37.7 Å². The van der Waals surface area contributed by atoms with Gasteiger partial charge in [-0.25, -0.2) is 18.1 Å². The lowest BCUT2D eigenvalue weighted by Gasteiger charge is -2.23. The molecule has 2 heterocycles. The molecule has 12 heteroatoms. The summed E-state index contributed by atoms with van der Waals surface area (Å²) in [6.07, 6.45) is 3.37. The number of halogens is 4. The number of hydrogen-bond acceptors (Lipinski definition) is 5. The lowest BCUT2D eigenvalue weighted by Crippen LogP contribution is -2.39. The molecule has 1 spiro atoms. The zero-order chi connectivity index (χ0) is 22.1. The molecule has 1 saturated heterocycles. The van der Waals surface area contributed by atoms with Gasteiger partial charge in [-0.15, -0.1) is 0 Å². The molecule has 1 aromatic carbocycles. The molecule has 1 aliphatic carbocycles. The summed E-state index contributed by atoms with van der Waals surface area (Å²) in [4.78, 5) is 31.6. The number of rotatable bonds is 3. The van der Waals surface area contributed by atoms with Crippen LogP contribution >= 0.6 is 15.9 Å². The molecule has 30 heavy (non-hydrogen) atoms. The number of nitrogens with zero attached hydrogens (tertiary/aromatic N) is 3. The van der Waals surface area contributed by atoms with Gasteiger partial charge in [-0.3, -0.25) is 14.7 Å². The Hall–Kier alpha value is -2.47. The van der Waals surface area contributed by atoms with Crippen LogP contribution in [0.15, 0.2) is 52.1 Å². The van der Waals surface area contributed by atoms with Crippen molar-refractivity contribution in [1.29, 1.82) is 0 Å². The number of anilines is 2. The Labute approximate surface area is 177 Å². The van der Waals surface area contributed by atoms with Gasteiger partial charge in [0.1, 0.15) is 5.54 Å². The van der Waals surface area contributed by atoms with Crippen LogP contribution in [0.1, 0.15) is 13.3 Å². The molecule has 2 fully saturated rings. The van der Waals surface area contributed by atoms with Gasteiger partial charge in [-0.05, 0) is 58.6 Å². The van der Waals surface area contributed by atoms with Crippen LogP contribution in [0.2, 0.25) is 0 Å². The van der Waals surface area contributed by atoms with E-state index >= 15 is 0 Å². The Bertz CT molecular complexity index is 1170. The van der Waals surface area contributed by atoms with Gasteiger partial charge in [0.05, 0.1) is 20.7 Å². The zero-order valence-corrected chi connectivity index (χ0v) is 17.6. The van der Waals surface area contributed by atoms with Crippen molar-refractivity contribution >= 4 is 49.1 Å². The van der Waals surface area contributed by atoms with Crippen LogP contribution in [0.4, 0.5) is 29.3 Å². The molecule has 0 radical (unpaired) electrons. The lowest BCUT2D eigenvalue weighted by molar-refractivity contribution is -0.119. The third-order valence-corrected chi connectivity index (χ3v) is 7.44. The number of aromatic nitrogens is 1. The number of imide groups is 1. The third-order valence-electron chi connectivity index (χ3n) is 5.33. The van der Waals surface area contributed by atoms with Gasteiger partial charge >= 0.3 is 11.5 Å². The van der Waals surface area contributed by atoms with Gasteiger partial charge < -0.3 is 0 Å². The molecule has 3 amide bonds. The molecular formula is C18H13BrF3N3O4S. The molecule has 2 unspecified atom stereocenters. The molecule has 2 aromatic rings. The van der Waals surface area contributed by atoms with Crippen LogP contribution in [-0.2, 0) is 14.6 Å². The average Bonchev–Trinajstić information content (AvgIpc) is 3.29. The van der Waals surface area contributed by atoms with Crippen LogP contribution in [0, 0.1) is 5.92 Å². The summed E-state index contributed by atoms with van der Waals surface area (Å²) in [7, 11) is -5.53. The Morgan fingerprint density at radius 1 is 1.17 bits per heavy atom. The highest BCUT2D eigenvalue weighted by Gasteiger charge is 2.70. The molecule has 7 nitrogen and oxygen atoms in total. The fourth-order valence-corrected chi connectivity index (χ4v) is 4.86. The average molecular weight is 504 g/mol. The Morgan fingerprint density at radius 2 is 1.77 bits per heavy atom. The summed E-state index contributed by atoms with van der Waals surface area (Å²) in [5, 5.41) is 0. The number of carbonyl (C=O) groups is 2. The molecule has 158 valence electrons. The number of urea groups is 1. The van der Waals surface area contributed by atoms with E-state index in [0.717, 1.165) is 29.2 Å². The Balaban J connectivity index is 1.75. The first-order valence-electron chi connectivity index (χ1n) is 8.62. The van der Waals surface area contributed by atoms with Crippen LogP contribution < -0.4 is 9.80 Å². The van der Waals surface area contributed by atoms with Crippen molar-refractivity contribution in [3.63, 3.8) is 0 Å². The second-order valence-electron chi connectivity index (χ2n) is 7.06. The van der Waals surface area contributed by atoms with E-state index in [2.05, 4.69) is 20.9 Å². The smallest absolute Gasteiger partial charge is 0.277 e. The second-order valence-corrected chi connectivity index (χ2v) is 9.85. The largest absolute Gasteiger partial charge is 0.501 e. The van der Waals surface area contributed by atoms with Crippen molar-refractivity contribution < 1.29 is 31.2 Å². The van der Waals surface area contributed by atoms with E-state index in [1.165, 1.54) is 17.3 Å². The van der Waals surface area contributed by atoms with E-state index in [9.17, 15) is 31.2 Å². The van der Waals surface area contributed by atoms with Crippen LogP contribution in [0.5, 0.6) is 0 Å². The highest BCUT2D eigenvalue weighted by molar-refractivity contribution is 9.10. The molecule has 2 atom stereocenters. The quantitative estimate of drug-likeness (QED) is 0.593. The number of pyridine rings is 1. The minimum atomic E-state index is -5.53. The van der Waals surface area contributed by atoms with Gasteiger partial charge in [0.15, 0.2) is 0 Å². The second kappa shape index (κ2) is 6.51. The maximum absolute atomic E-state index is 13.2. The SMILES string of the molecule is CC1CC12C(=O)N(c1ccc(S(=O)(=O)C(F)(F)F)cc1)C(=O)N2c1ccncc1Br. The molecule has 4 rings (SSSR count). The zero-order valence-electron chi connectivity index (χ0n) is 15.2. The normalized spacial score (nSPS) is 24.1. The van der Waals surface area contributed by atoms with Crippen molar-refractivity contribution in [2.75, 3.05) is 9.80 Å². The number of alkyl halides is 3. The predicted molar refractivity (Wildman–Crippen MR) is 103 cm³/mol. The predicted octanol–water partition coefficient (Wildman–Crippen LogP) is 3.89. The molecule has 2 aliphatic rings. The Kier molecular flexibility index (Phi) is 4.51. The first kappa shape index (κ1) is 20.8. The summed E-state index contributed by atoms with van der Waals surface area (Å²) in [5.74, 6) is -0.654. The van der Waals surface area contributed by atoms with E-state index in [4.69, 9.17) is 0 Å². The van der Waals surface area contributed by atoms with Gasteiger partial charge in [-0.1, -0.05) is 6.92 Å².